The Morgan fingerprint density at radius 1 is 1.21 bits per heavy atom. The van der Waals surface area contributed by atoms with Gasteiger partial charge in [0.25, 0.3) is 5.91 Å². The summed E-state index contributed by atoms with van der Waals surface area (Å²) < 4.78 is 19.0. The Bertz CT molecular complexity index is 1030. The molecule has 0 saturated heterocycles. The van der Waals surface area contributed by atoms with E-state index in [-0.39, 0.29) is 11.5 Å². The van der Waals surface area contributed by atoms with Crippen molar-refractivity contribution >= 4 is 39.6 Å². The van der Waals surface area contributed by atoms with E-state index in [0.29, 0.717) is 17.4 Å². The minimum absolute atomic E-state index is 0.0797. The van der Waals surface area contributed by atoms with Gasteiger partial charge >= 0.3 is 0 Å². The maximum atomic E-state index is 14.1. The van der Waals surface area contributed by atoms with Crippen molar-refractivity contribution in [2.45, 2.75) is 20.4 Å². The lowest BCUT2D eigenvalue weighted by atomic mass is 10.2. The molecule has 0 bridgehead atoms. The number of amides is 2. The van der Waals surface area contributed by atoms with Crippen LogP contribution in [0.5, 0.6) is 5.75 Å². The minimum Gasteiger partial charge on any atom is -0.497 e. The van der Waals surface area contributed by atoms with Gasteiger partial charge in [-0.25, -0.2) is 9.37 Å². The van der Waals surface area contributed by atoms with E-state index >= 15 is 0 Å². The number of nitrogens with one attached hydrogen (secondary N) is 2. The second-order valence-electron chi connectivity index (χ2n) is 5.90. The molecular weight excluding hydrogens is 401 g/mol. The minimum atomic E-state index is -0.661. The van der Waals surface area contributed by atoms with Crippen LogP contribution in [0.4, 0.5) is 9.52 Å². The second-order valence-corrected chi connectivity index (χ2v) is 8.27. The first-order valence-corrected chi connectivity index (χ1v) is 9.96. The maximum Gasteiger partial charge on any atom is 0.260 e. The number of carbonyl (C=O) groups excluding carboxylic acids is 2. The number of carbonyl (C=O) groups is 2. The summed E-state index contributed by atoms with van der Waals surface area (Å²) >= 11 is 2.84. The van der Waals surface area contributed by atoms with Gasteiger partial charge in [-0.3, -0.25) is 14.9 Å². The van der Waals surface area contributed by atoms with Crippen LogP contribution in [0, 0.1) is 12.7 Å². The normalized spacial score (nSPS) is 10.6. The van der Waals surface area contributed by atoms with Crippen LogP contribution in [-0.2, 0) is 11.3 Å². The molecule has 0 aliphatic rings. The summed E-state index contributed by atoms with van der Waals surface area (Å²) in [4.78, 5) is 30.8. The quantitative estimate of drug-likeness (QED) is 0.627. The number of hydrogen-bond donors (Lipinski definition) is 2. The lowest BCUT2D eigenvalue weighted by Gasteiger charge is -2.05. The highest BCUT2D eigenvalue weighted by atomic mass is 32.1. The van der Waals surface area contributed by atoms with Gasteiger partial charge in [-0.15, -0.1) is 22.7 Å². The zero-order valence-corrected chi connectivity index (χ0v) is 17.1. The Labute approximate surface area is 169 Å². The third-order valence-electron chi connectivity index (χ3n) is 3.84. The molecule has 6 nitrogen and oxygen atoms in total. The van der Waals surface area contributed by atoms with E-state index in [2.05, 4.69) is 15.6 Å². The SMILES string of the molecule is COc1ccc(C(=O)Nc2nc(-c3ccc(CNC(C)=O)s3)c(C)s2)c(F)c1. The van der Waals surface area contributed by atoms with Crippen molar-refractivity contribution in [3.05, 3.63) is 51.5 Å². The fraction of sp³-hybridized carbons (Fsp3) is 0.211. The summed E-state index contributed by atoms with van der Waals surface area (Å²) in [5.41, 5.74) is 0.679. The predicted molar refractivity (Wildman–Crippen MR) is 109 cm³/mol. The Balaban J connectivity index is 1.75. The number of ether oxygens (including phenoxy) is 1. The van der Waals surface area contributed by atoms with Gasteiger partial charge in [0.15, 0.2) is 5.13 Å². The van der Waals surface area contributed by atoms with E-state index in [0.717, 1.165) is 26.4 Å². The zero-order valence-electron chi connectivity index (χ0n) is 15.5. The number of rotatable bonds is 6. The molecule has 0 fully saturated rings. The highest BCUT2D eigenvalue weighted by Crippen LogP contribution is 2.35. The number of hydrogen-bond acceptors (Lipinski definition) is 6. The number of aromatic nitrogens is 1. The van der Waals surface area contributed by atoms with Crippen LogP contribution in [0.25, 0.3) is 10.6 Å². The van der Waals surface area contributed by atoms with Crippen molar-refractivity contribution in [1.82, 2.24) is 10.3 Å². The Morgan fingerprint density at radius 3 is 2.68 bits per heavy atom. The Kier molecular flexibility index (Phi) is 6.05. The van der Waals surface area contributed by atoms with E-state index in [9.17, 15) is 14.0 Å². The number of thiophene rings is 1. The molecule has 0 radical (unpaired) electrons. The molecule has 0 unspecified atom stereocenters. The molecule has 0 atom stereocenters. The fourth-order valence-corrected chi connectivity index (χ4v) is 4.34. The Morgan fingerprint density at radius 2 is 2.00 bits per heavy atom. The number of methoxy groups -OCH3 is 1. The van der Waals surface area contributed by atoms with Crippen molar-refractivity contribution in [2.24, 2.45) is 0 Å². The molecular formula is C19H18FN3O3S2. The summed E-state index contributed by atoms with van der Waals surface area (Å²) in [5, 5.41) is 5.80. The van der Waals surface area contributed by atoms with E-state index < -0.39 is 11.7 Å². The van der Waals surface area contributed by atoms with Crippen LogP contribution in [0.15, 0.2) is 30.3 Å². The summed E-state index contributed by atoms with van der Waals surface area (Å²) in [6.45, 7) is 3.84. The number of nitrogens with zero attached hydrogens (tertiary/aromatic N) is 1. The standard InChI is InChI=1S/C19H18FN3O3S2/c1-10-17(16-7-5-13(28-16)9-21-11(2)24)22-19(27-10)23-18(25)14-6-4-12(26-3)8-15(14)20/h4-8H,9H2,1-3H3,(H,21,24)(H,22,23,25). The predicted octanol–water partition coefficient (Wildman–Crippen LogP) is 4.22. The summed E-state index contributed by atoms with van der Waals surface area (Å²) in [7, 11) is 1.43. The molecule has 2 aromatic heterocycles. The first-order chi connectivity index (χ1) is 13.4. The number of aryl methyl sites for hydroxylation is 1. The average Bonchev–Trinajstić information content (AvgIpc) is 3.25. The molecule has 0 saturated carbocycles. The van der Waals surface area contributed by atoms with Crippen LogP contribution in [0.1, 0.15) is 27.0 Å². The summed E-state index contributed by atoms with van der Waals surface area (Å²) in [6, 6.07) is 7.92. The molecule has 0 aliphatic carbocycles. The molecule has 146 valence electrons. The van der Waals surface area contributed by atoms with Crippen LogP contribution in [0.3, 0.4) is 0 Å². The molecule has 2 heterocycles. The van der Waals surface area contributed by atoms with Crippen molar-refractivity contribution in [2.75, 3.05) is 12.4 Å². The molecule has 9 heteroatoms. The van der Waals surface area contributed by atoms with Crippen LogP contribution in [0.2, 0.25) is 0 Å². The van der Waals surface area contributed by atoms with Crippen molar-refractivity contribution in [1.29, 1.82) is 0 Å². The van der Waals surface area contributed by atoms with Gasteiger partial charge in [0.1, 0.15) is 11.6 Å². The van der Waals surface area contributed by atoms with Crippen molar-refractivity contribution < 1.29 is 18.7 Å². The molecule has 2 N–H and O–H groups in total. The smallest absolute Gasteiger partial charge is 0.260 e. The second kappa shape index (κ2) is 8.49. The van der Waals surface area contributed by atoms with Gasteiger partial charge in [-0.2, -0.15) is 0 Å². The van der Waals surface area contributed by atoms with Gasteiger partial charge in [-0.1, -0.05) is 0 Å². The number of thiazole rings is 1. The molecule has 28 heavy (non-hydrogen) atoms. The van der Waals surface area contributed by atoms with Crippen molar-refractivity contribution in [3.63, 3.8) is 0 Å². The monoisotopic (exact) mass is 419 g/mol. The third-order valence-corrected chi connectivity index (χ3v) is 5.82. The van der Waals surface area contributed by atoms with E-state index in [1.165, 1.54) is 48.8 Å². The molecule has 2 amide bonds. The Hall–Kier alpha value is -2.78. The van der Waals surface area contributed by atoms with Gasteiger partial charge in [0.05, 0.1) is 29.8 Å². The van der Waals surface area contributed by atoms with E-state index in [1.54, 1.807) is 0 Å². The fourth-order valence-electron chi connectivity index (χ4n) is 2.46. The molecule has 0 aliphatic heterocycles. The highest BCUT2D eigenvalue weighted by molar-refractivity contribution is 7.18. The number of anilines is 1. The molecule has 1 aromatic carbocycles. The van der Waals surface area contributed by atoms with Crippen molar-refractivity contribution in [3.8, 4) is 16.3 Å². The molecule has 3 aromatic rings. The molecule has 0 spiro atoms. The molecule has 3 rings (SSSR count). The first kappa shape index (κ1) is 20.0. The van der Waals surface area contributed by atoms with Gasteiger partial charge in [0.2, 0.25) is 5.91 Å². The van der Waals surface area contributed by atoms with Gasteiger partial charge in [-0.05, 0) is 31.2 Å². The van der Waals surface area contributed by atoms with E-state index in [4.69, 9.17) is 4.74 Å². The highest BCUT2D eigenvalue weighted by Gasteiger charge is 2.17. The van der Waals surface area contributed by atoms with Gasteiger partial charge in [0, 0.05) is 22.7 Å². The third kappa shape index (κ3) is 4.55. The van der Waals surface area contributed by atoms with E-state index in [1.807, 2.05) is 19.1 Å². The van der Waals surface area contributed by atoms with Crippen LogP contribution >= 0.6 is 22.7 Å². The maximum absolute atomic E-state index is 14.1. The first-order valence-electron chi connectivity index (χ1n) is 8.33. The van der Waals surface area contributed by atoms with Crippen LogP contribution < -0.4 is 15.4 Å². The lowest BCUT2D eigenvalue weighted by Crippen LogP contribution is -2.17. The number of benzene rings is 1. The van der Waals surface area contributed by atoms with Crippen LogP contribution in [-0.4, -0.2) is 23.9 Å². The topological polar surface area (TPSA) is 80.3 Å². The number of halogens is 1. The zero-order chi connectivity index (χ0) is 20.3. The summed E-state index contributed by atoms with van der Waals surface area (Å²) in [5.74, 6) is -0.978. The average molecular weight is 420 g/mol. The lowest BCUT2D eigenvalue weighted by molar-refractivity contribution is -0.119. The summed E-state index contributed by atoms with van der Waals surface area (Å²) in [6.07, 6.45) is 0. The largest absolute Gasteiger partial charge is 0.497 e. The van der Waals surface area contributed by atoms with Gasteiger partial charge < -0.3 is 10.1 Å².